The van der Waals surface area contributed by atoms with Gasteiger partial charge in [-0.15, -0.1) is 11.3 Å². The summed E-state index contributed by atoms with van der Waals surface area (Å²) in [5.74, 6) is 1.77. The Morgan fingerprint density at radius 3 is 2.74 bits per heavy atom. The van der Waals surface area contributed by atoms with E-state index in [0.717, 1.165) is 33.6 Å². The van der Waals surface area contributed by atoms with Gasteiger partial charge in [-0.05, 0) is 24.4 Å². The van der Waals surface area contributed by atoms with Crippen molar-refractivity contribution >= 4 is 28.2 Å². The van der Waals surface area contributed by atoms with Crippen molar-refractivity contribution in [3.63, 3.8) is 0 Å². The number of oxazole rings is 1. The number of rotatable bonds is 5. The van der Waals surface area contributed by atoms with E-state index in [-0.39, 0.29) is 5.91 Å². The van der Waals surface area contributed by atoms with Gasteiger partial charge in [-0.3, -0.25) is 4.79 Å². The molecule has 0 N–H and O–H groups in total. The highest BCUT2D eigenvalue weighted by molar-refractivity contribution is 7.13. The summed E-state index contributed by atoms with van der Waals surface area (Å²) in [6.07, 6.45) is 0.775. The third-order valence-corrected chi connectivity index (χ3v) is 5.43. The normalized spacial score (nSPS) is 11.2. The number of benzene rings is 1. The molecule has 3 aromatic heterocycles. The summed E-state index contributed by atoms with van der Waals surface area (Å²) in [5.41, 5.74) is 2.25. The molecule has 0 aliphatic heterocycles. The molecule has 0 spiro atoms. The Hall–Kier alpha value is -2.86. The third kappa shape index (κ3) is 3.17. The number of aryl methyl sites for hydroxylation is 2. The van der Waals surface area contributed by atoms with Crippen LogP contribution in [0, 0.1) is 6.92 Å². The minimum absolute atomic E-state index is 0.161. The maximum absolute atomic E-state index is 13.0. The van der Waals surface area contributed by atoms with Crippen LogP contribution in [0.1, 0.15) is 34.5 Å². The van der Waals surface area contributed by atoms with Gasteiger partial charge in [-0.2, -0.15) is 0 Å². The fourth-order valence-electron chi connectivity index (χ4n) is 3.20. The Morgan fingerprint density at radius 2 is 2.00 bits per heavy atom. The molecule has 0 fully saturated rings. The highest BCUT2D eigenvalue weighted by Crippen LogP contribution is 2.29. The van der Waals surface area contributed by atoms with Crippen LogP contribution in [0.5, 0.6) is 0 Å². The number of fused-ring (bicyclic) bond motifs is 1. The minimum Gasteiger partial charge on any atom is -0.461 e. The molecule has 0 saturated carbocycles. The number of hydrogen-bond donors (Lipinski definition) is 0. The summed E-state index contributed by atoms with van der Waals surface area (Å²) >= 11 is 1.53. The van der Waals surface area contributed by atoms with E-state index in [1.165, 1.54) is 11.3 Å². The average molecular weight is 380 g/mol. The Labute approximate surface area is 161 Å². The van der Waals surface area contributed by atoms with E-state index in [1.54, 1.807) is 18.9 Å². The molecule has 0 bridgehead atoms. The zero-order chi connectivity index (χ0) is 19.0. The van der Waals surface area contributed by atoms with Gasteiger partial charge in [0.25, 0.3) is 5.91 Å². The fourth-order valence-corrected chi connectivity index (χ4v) is 3.85. The van der Waals surface area contributed by atoms with Crippen LogP contribution in [0.3, 0.4) is 0 Å². The van der Waals surface area contributed by atoms with Gasteiger partial charge in [-0.1, -0.05) is 31.2 Å². The first-order valence-electron chi connectivity index (χ1n) is 8.84. The quantitative estimate of drug-likeness (QED) is 0.472. The first-order chi connectivity index (χ1) is 13.1. The molecule has 138 valence electrons. The number of carbonyl (C=O) groups is 1. The molecule has 0 aliphatic rings. The van der Waals surface area contributed by atoms with Crippen LogP contribution in [0.25, 0.3) is 21.7 Å². The van der Waals surface area contributed by atoms with E-state index in [1.807, 2.05) is 41.8 Å². The predicted octanol–water partition coefficient (Wildman–Crippen LogP) is 5.29. The summed E-state index contributed by atoms with van der Waals surface area (Å²) < 4.78 is 11.7. The molecule has 0 atom stereocenters. The lowest BCUT2D eigenvalue weighted by Gasteiger charge is -2.16. The number of furan rings is 1. The van der Waals surface area contributed by atoms with Crippen LogP contribution in [0.4, 0.5) is 0 Å². The number of para-hydroxylation sites is 1. The van der Waals surface area contributed by atoms with E-state index >= 15 is 0 Å². The van der Waals surface area contributed by atoms with Crippen LogP contribution in [0.2, 0.25) is 0 Å². The maximum Gasteiger partial charge on any atom is 0.276 e. The van der Waals surface area contributed by atoms with E-state index in [0.29, 0.717) is 23.9 Å². The standard InChI is InChI=1S/C21H20N2O3S/c1-4-16-15(14-8-5-6-9-17(14)26-16)12-23(3)21(24)19-13(2)25-20(22-19)18-10-7-11-27-18/h5-11H,4,12H2,1-3H3. The van der Waals surface area contributed by atoms with Crippen LogP contribution >= 0.6 is 11.3 Å². The lowest BCUT2D eigenvalue weighted by atomic mass is 10.1. The molecule has 0 aliphatic carbocycles. The molecular weight excluding hydrogens is 360 g/mol. The van der Waals surface area contributed by atoms with Gasteiger partial charge in [0.15, 0.2) is 5.69 Å². The van der Waals surface area contributed by atoms with Crippen molar-refractivity contribution in [2.75, 3.05) is 7.05 Å². The van der Waals surface area contributed by atoms with Gasteiger partial charge < -0.3 is 13.7 Å². The SMILES string of the molecule is CCc1oc2ccccc2c1CN(C)C(=O)c1nc(-c2cccs2)oc1C. The highest BCUT2D eigenvalue weighted by atomic mass is 32.1. The van der Waals surface area contributed by atoms with Crippen molar-refractivity contribution in [1.82, 2.24) is 9.88 Å². The monoisotopic (exact) mass is 380 g/mol. The molecular formula is C21H20N2O3S. The Balaban J connectivity index is 1.62. The van der Waals surface area contributed by atoms with E-state index in [9.17, 15) is 4.79 Å². The van der Waals surface area contributed by atoms with Crippen LogP contribution < -0.4 is 0 Å². The van der Waals surface area contributed by atoms with Crippen molar-refractivity contribution in [2.24, 2.45) is 0 Å². The molecule has 5 nitrogen and oxygen atoms in total. The predicted molar refractivity (Wildman–Crippen MR) is 106 cm³/mol. The molecule has 27 heavy (non-hydrogen) atoms. The summed E-state index contributed by atoms with van der Waals surface area (Å²) in [6.45, 7) is 4.29. The number of nitrogens with zero attached hydrogens (tertiary/aromatic N) is 2. The number of amides is 1. The fraction of sp³-hybridized carbons (Fsp3) is 0.238. The second-order valence-electron chi connectivity index (χ2n) is 6.42. The molecule has 6 heteroatoms. The molecule has 4 rings (SSSR count). The molecule has 0 radical (unpaired) electrons. The van der Waals surface area contributed by atoms with Gasteiger partial charge in [0, 0.05) is 31.0 Å². The van der Waals surface area contributed by atoms with E-state index < -0.39 is 0 Å². The maximum atomic E-state index is 13.0. The van der Waals surface area contributed by atoms with Gasteiger partial charge >= 0.3 is 0 Å². The molecule has 4 aromatic rings. The largest absolute Gasteiger partial charge is 0.461 e. The van der Waals surface area contributed by atoms with Gasteiger partial charge in [0.1, 0.15) is 17.1 Å². The zero-order valence-electron chi connectivity index (χ0n) is 15.5. The third-order valence-electron chi connectivity index (χ3n) is 4.58. The van der Waals surface area contributed by atoms with E-state index in [2.05, 4.69) is 11.9 Å². The Kier molecular flexibility index (Phi) is 4.58. The van der Waals surface area contributed by atoms with Crippen LogP contribution in [-0.4, -0.2) is 22.8 Å². The second-order valence-corrected chi connectivity index (χ2v) is 7.36. The lowest BCUT2D eigenvalue weighted by Crippen LogP contribution is -2.27. The van der Waals surface area contributed by atoms with Crippen molar-refractivity contribution < 1.29 is 13.6 Å². The highest BCUT2D eigenvalue weighted by Gasteiger charge is 2.23. The van der Waals surface area contributed by atoms with Crippen molar-refractivity contribution in [3.8, 4) is 10.8 Å². The first kappa shape index (κ1) is 17.5. The van der Waals surface area contributed by atoms with Crippen LogP contribution in [0.15, 0.2) is 50.6 Å². The van der Waals surface area contributed by atoms with Gasteiger partial charge in [0.2, 0.25) is 5.89 Å². The minimum atomic E-state index is -0.161. The number of hydrogen-bond acceptors (Lipinski definition) is 5. The summed E-state index contributed by atoms with van der Waals surface area (Å²) in [6, 6.07) is 11.8. The van der Waals surface area contributed by atoms with Crippen LogP contribution in [-0.2, 0) is 13.0 Å². The molecule has 1 aromatic carbocycles. The Bertz CT molecular complexity index is 1090. The summed E-state index contributed by atoms with van der Waals surface area (Å²) in [5, 5.41) is 3.00. The van der Waals surface area contributed by atoms with Gasteiger partial charge in [-0.25, -0.2) is 4.98 Å². The first-order valence-corrected chi connectivity index (χ1v) is 9.72. The molecule has 1 amide bonds. The number of thiophene rings is 1. The summed E-state index contributed by atoms with van der Waals surface area (Å²) in [4.78, 5) is 20.0. The molecule has 0 unspecified atom stereocenters. The molecule has 3 heterocycles. The summed E-state index contributed by atoms with van der Waals surface area (Å²) in [7, 11) is 1.78. The topological polar surface area (TPSA) is 59.5 Å². The molecule has 0 saturated heterocycles. The van der Waals surface area contributed by atoms with Crippen molar-refractivity contribution in [3.05, 3.63) is 64.6 Å². The van der Waals surface area contributed by atoms with Crippen molar-refractivity contribution in [1.29, 1.82) is 0 Å². The van der Waals surface area contributed by atoms with Crippen molar-refractivity contribution in [2.45, 2.75) is 26.8 Å². The second kappa shape index (κ2) is 7.04. The number of carbonyl (C=O) groups excluding carboxylic acids is 1. The smallest absolute Gasteiger partial charge is 0.276 e. The number of aromatic nitrogens is 1. The van der Waals surface area contributed by atoms with Gasteiger partial charge in [0.05, 0.1) is 4.88 Å². The lowest BCUT2D eigenvalue weighted by molar-refractivity contribution is 0.0778. The Morgan fingerprint density at radius 1 is 1.19 bits per heavy atom. The average Bonchev–Trinajstić information content (AvgIpc) is 3.40. The zero-order valence-corrected chi connectivity index (χ0v) is 16.3. The van der Waals surface area contributed by atoms with E-state index in [4.69, 9.17) is 8.83 Å².